The Morgan fingerprint density at radius 1 is 0.708 bits per heavy atom. The van der Waals surface area contributed by atoms with Gasteiger partial charge in [-0.2, -0.15) is 0 Å². The molecule has 0 heterocycles. The van der Waals surface area contributed by atoms with E-state index < -0.39 is 15.2 Å². The van der Waals surface area contributed by atoms with Crippen LogP contribution in [0, 0.1) is 0 Å². The summed E-state index contributed by atoms with van der Waals surface area (Å²) in [4.78, 5) is 0.295. The predicted molar refractivity (Wildman–Crippen MR) is 99.0 cm³/mol. The van der Waals surface area contributed by atoms with Crippen molar-refractivity contribution < 1.29 is 8.42 Å². The Kier molecular flexibility index (Phi) is 5.03. The van der Waals surface area contributed by atoms with Gasteiger partial charge in [0.1, 0.15) is 0 Å². The van der Waals surface area contributed by atoms with Crippen LogP contribution in [0.3, 0.4) is 0 Å². The third kappa shape index (κ3) is 3.86. The first-order chi connectivity index (χ1) is 11.6. The fourth-order valence-electron chi connectivity index (χ4n) is 2.53. The molecule has 3 aromatic rings. The maximum absolute atomic E-state index is 12.6. The molecular weight excluding hydrogens is 340 g/mol. The molecule has 3 rings (SSSR count). The van der Waals surface area contributed by atoms with Crippen LogP contribution in [0.4, 0.5) is 0 Å². The van der Waals surface area contributed by atoms with Crippen molar-refractivity contribution in [1.82, 2.24) is 0 Å². The van der Waals surface area contributed by atoms with E-state index in [4.69, 9.17) is 11.6 Å². The smallest absolute Gasteiger partial charge is 0.180 e. The summed E-state index contributed by atoms with van der Waals surface area (Å²) in [7, 11) is -3.44. The molecule has 2 nitrogen and oxygen atoms in total. The second-order valence-corrected chi connectivity index (χ2v) is 8.11. The van der Waals surface area contributed by atoms with E-state index in [2.05, 4.69) is 0 Å². The minimum absolute atomic E-state index is 0.122. The second kappa shape index (κ2) is 7.20. The van der Waals surface area contributed by atoms with Crippen molar-refractivity contribution in [3.8, 4) is 11.1 Å². The Labute approximate surface area is 147 Å². The highest BCUT2D eigenvalue weighted by Gasteiger charge is 2.21. The third-order valence-corrected chi connectivity index (χ3v) is 6.20. The van der Waals surface area contributed by atoms with Crippen molar-refractivity contribution in [3.63, 3.8) is 0 Å². The molecule has 0 saturated heterocycles. The molecular formula is C20H17ClO2S. The molecule has 1 atom stereocenters. The zero-order chi connectivity index (χ0) is 17.0. The molecule has 0 aliphatic carbocycles. The van der Waals surface area contributed by atoms with Crippen molar-refractivity contribution >= 4 is 21.4 Å². The molecule has 0 aromatic heterocycles. The first-order valence-corrected chi connectivity index (χ1v) is 9.72. The van der Waals surface area contributed by atoms with Crippen molar-refractivity contribution in [3.05, 3.63) is 90.5 Å². The lowest BCUT2D eigenvalue weighted by molar-refractivity contribution is 0.594. The molecule has 0 spiro atoms. The van der Waals surface area contributed by atoms with Crippen LogP contribution in [-0.4, -0.2) is 14.2 Å². The predicted octanol–water partition coefficient (Wildman–Crippen LogP) is 5.11. The Morgan fingerprint density at radius 3 is 1.79 bits per heavy atom. The quantitative estimate of drug-likeness (QED) is 0.595. The Morgan fingerprint density at radius 2 is 1.21 bits per heavy atom. The number of hydrogen-bond acceptors (Lipinski definition) is 2. The molecule has 0 radical (unpaired) electrons. The Bertz CT molecular complexity index is 889. The molecule has 0 aliphatic rings. The van der Waals surface area contributed by atoms with Crippen molar-refractivity contribution in [2.24, 2.45) is 0 Å². The lowest BCUT2D eigenvalue weighted by Crippen LogP contribution is -2.11. The van der Waals surface area contributed by atoms with Gasteiger partial charge in [-0.1, -0.05) is 72.8 Å². The highest BCUT2D eigenvalue weighted by Crippen LogP contribution is 2.27. The maximum Gasteiger partial charge on any atom is 0.180 e. The van der Waals surface area contributed by atoms with E-state index >= 15 is 0 Å². The van der Waals surface area contributed by atoms with Crippen molar-refractivity contribution in [1.29, 1.82) is 0 Å². The highest BCUT2D eigenvalue weighted by atomic mass is 35.5. The SMILES string of the molecule is O=S(=O)(CC(Cl)c1ccccc1)c1ccc(-c2ccccc2)cc1. The van der Waals surface area contributed by atoms with E-state index in [9.17, 15) is 8.42 Å². The van der Waals surface area contributed by atoms with Gasteiger partial charge >= 0.3 is 0 Å². The lowest BCUT2D eigenvalue weighted by atomic mass is 10.1. The van der Waals surface area contributed by atoms with Gasteiger partial charge in [0, 0.05) is 0 Å². The topological polar surface area (TPSA) is 34.1 Å². The van der Waals surface area contributed by atoms with Crippen LogP contribution in [-0.2, 0) is 9.84 Å². The lowest BCUT2D eigenvalue weighted by Gasteiger charge is -2.11. The Balaban J connectivity index is 1.80. The van der Waals surface area contributed by atoms with Crippen molar-refractivity contribution in [2.75, 3.05) is 5.75 Å². The first-order valence-electron chi connectivity index (χ1n) is 7.63. The molecule has 3 aromatic carbocycles. The normalized spacial score (nSPS) is 12.7. The summed E-state index contributed by atoms with van der Waals surface area (Å²) in [6.07, 6.45) is 0. The van der Waals surface area contributed by atoms with Gasteiger partial charge in [-0.25, -0.2) is 8.42 Å². The number of rotatable bonds is 5. The van der Waals surface area contributed by atoms with Gasteiger partial charge in [0.05, 0.1) is 16.0 Å². The Hall–Kier alpha value is -2.10. The van der Waals surface area contributed by atoms with Crippen LogP contribution >= 0.6 is 11.6 Å². The van der Waals surface area contributed by atoms with Crippen LogP contribution < -0.4 is 0 Å². The molecule has 1 unspecified atom stereocenters. The fraction of sp³-hybridized carbons (Fsp3) is 0.100. The molecule has 0 N–H and O–H groups in total. The summed E-state index contributed by atoms with van der Waals surface area (Å²) in [6, 6.07) is 26.1. The molecule has 0 amide bonds. The van der Waals surface area contributed by atoms with Crippen LogP contribution in [0.2, 0.25) is 0 Å². The van der Waals surface area contributed by atoms with Crippen LogP contribution in [0.5, 0.6) is 0 Å². The van der Waals surface area contributed by atoms with Crippen molar-refractivity contribution in [2.45, 2.75) is 10.3 Å². The maximum atomic E-state index is 12.6. The van der Waals surface area contributed by atoms with E-state index in [0.717, 1.165) is 16.7 Å². The van der Waals surface area contributed by atoms with Crippen LogP contribution in [0.25, 0.3) is 11.1 Å². The molecule has 24 heavy (non-hydrogen) atoms. The number of benzene rings is 3. The van der Waals surface area contributed by atoms with Crippen LogP contribution in [0.1, 0.15) is 10.9 Å². The van der Waals surface area contributed by atoms with Gasteiger partial charge in [0.15, 0.2) is 9.84 Å². The number of hydrogen-bond donors (Lipinski definition) is 0. The van der Waals surface area contributed by atoms with Gasteiger partial charge in [0.2, 0.25) is 0 Å². The summed E-state index contributed by atoms with van der Waals surface area (Å²) in [6.45, 7) is 0. The van der Waals surface area contributed by atoms with Gasteiger partial charge in [-0.15, -0.1) is 11.6 Å². The van der Waals surface area contributed by atoms with Gasteiger partial charge in [0.25, 0.3) is 0 Å². The molecule has 4 heteroatoms. The van der Waals surface area contributed by atoms with Gasteiger partial charge < -0.3 is 0 Å². The zero-order valence-corrected chi connectivity index (χ0v) is 14.5. The van der Waals surface area contributed by atoms with Crippen LogP contribution in [0.15, 0.2) is 89.8 Å². The molecule has 0 fully saturated rings. The first kappa shape index (κ1) is 16.7. The summed E-state index contributed by atoms with van der Waals surface area (Å²) in [5.74, 6) is -0.122. The number of halogens is 1. The minimum atomic E-state index is -3.44. The average molecular weight is 357 g/mol. The zero-order valence-electron chi connectivity index (χ0n) is 13.0. The largest absolute Gasteiger partial charge is 0.224 e. The minimum Gasteiger partial charge on any atom is -0.224 e. The molecule has 0 bridgehead atoms. The molecule has 0 saturated carbocycles. The fourth-order valence-corrected chi connectivity index (χ4v) is 4.50. The summed E-state index contributed by atoms with van der Waals surface area (Å²) < 4.78 is 25.2. The standard InChI is InChI=1S/C20H17ClO2S/c21-20(18-9-5-2-6-10-18)15-24(22,23)19-13-11-17(12-14-19)16-7-3-1-4-8-16/h1-14,20H,15H2. The van der Waals surface area contributed by atoms with E-state index in [1.807, 2.05) is 72.8 Å². The monoisotopic (exact) mass is 356 g/mol. The van der Waals surface area contributed by atoms with Gasteiger partial charge in [-0.05, 0) is 28.8 Å². The molecule has 0 aliphatic heterocycles. The van der Waals surface area contributed by atoms with E-state index in [1.165, 1.54) is 0 Å². The van der Waals surface area contributed by atoms with E-state index in [0.29, 0.717) is 4.90 Å². The summed E-state index contributed by atoms with van der Waals surface area (Å²) in [5, 5.41) is -0.565. The summed E-state index contributed by atoms with van der Waals surface area (Å²) in [5.41, 5.74) is 2.85. The molecule has 122 valence electrons. The van der Waals surface area contributed by atoms with E-state index in [-0.39, 0.29) is 5.75 Å². The number of sulfone groups is 1. The average Bonchev–Trinajstić information content (AvgIpc) is 2.63. The third-order valence-electron chi connectivity index (χ3n) is 3.85. The van der Waals surface area contributed by atoms with E-state index in [1.54, 1.807) is 12.1 Å². The highest BCUT2D eigenvalue weighted by molar-refractivity contribution is 7.91. The number of alkyl halides is 1. The van der Waals surface area contributed by atoms with Gasteiger partial charge in [-0.3, -0.25) is 0 Å². The second-order valence-electron chi connectivity index (χ2n) is 5.55. The summed E-state index contributed by atoms with van der Waals surface area (Å²) >= 11 is 6.29.